The monoisotopic (exact) mass is 259 g/mol. The first-order valence-electron chi connectivity index (χ1n) is 7.27. The minimum atomic E-state index is 0.0721. The molecule has 19 heavy (non-hydrogen) atoms. The van der Waals surface area contributed by atoms with Gasteiger partial charge in [-0.25, -0.2) is 0 Å². The summed E-state index contributed by atoms with van der Waals surface area (Å²) in [5.74, 6) is 0.292. The lowest BCUT2D eigenvalue weighted by Crippen LogP contribution is -2.37. The number of hydrogen-bond acceptors (Lipinski definition) is 1. The van der Waals surface area contributed by atoms with Crippen LogP contribution in [-0.4, -0.2) is 17.4 Å². The van der Waals surface area contributed by atoms with E-state index in [1.165, 1.54) is 16.7 Å². The van der Waals surface area contributed by atoms with Gasteiger partial charge in [0.05, 0.1) is 0 Å². The molecular formula is C17H25NO. The number of carbonyl (C=O) groups is 1. The molecule has 0 spiro atoms. The Bertz CT molecular complexity index is 471. The number of amides is 1. The first-order chi connectivity index (χ1) is 8.89. The molecule has 2 heteroatoms. The van der Waals surface area contributed by atoms with Crippen LogP contribution in [0.3, 0.4) is 0 Å². The zero-order valence-corrected chi connectivity index (χ0v) is 12.6. The first-order valence-corrected chi connectivity index (χ1v) is 7.27. The van der Waals surface area contributed by atoms with E-state index in [1.54, 1.807) is 0 Å². The predicted octanol–water partition coefficient (Wildman–Crippen LogP) is 3.57. The summed E-state index contributed by atoms with van der Waals surface area (Å²) >= 11 is 0. The topological polar surface area (TPSA) is 20.3 Å². The molecule has 0 aliphatic carbocycles. The van der Waals surface area contributed by atoms with E-state index >= 15 is 0 Å². The first kappa shape index (κ1) is 14.1. The van der Waals surface area contributed by atoms with Crippen molar-refractivity contribution in [3.05, 3.63) is 34.9 Å². The van der Waals surface area contributed by atoms with Crippen LogP contribution < -0.4 is 0 Å². The average Bonchev–Trinajstić information content (AvgIpc) is 2.35. The van der Waals surface area contributed by atoms with Crippen LogP contribution in [0.25, 0.3) is 0 Å². The van der Waals surface area contributed by atoms with Gasteiger partial charge < -0.3 is 4.90 Å². The zero-order valence-electron chi connectivity index (χ0n) is 12.6. The fourth-order valence-corrected chi connectivity index (χ4v) is 2.61. The summed E-state index contributed by atoms with van der Waals surface area (Å²) in [7, 11) is 0. The molecule has 0 saturated heterocycles. The third kappa shape index (κ3) is 3.59. The Morgan fingerprint density at radius 1 is 1.26 bits per heavy atom. The molecule has 1 aliphatic rings. The number of hydrogen-bond donors (Lipinski definition) is 0. The smallest absolute Gasteiger partial charge is 0.223 e. The highest BCUT2D eigenvalue weighted by Crippen LogP contribution is 2.25. The Morgan fingerprint density at radius 2 is 2.00 bits per heavy atom. The van der Waals surface area contributed by atoms with Gasteiger partial charge in [0, 0.05) is 19.5 Å². The third-order valence-electron chi connectivity index (χ3n) is 3.73. The molecule has 0 bridgehead atoms. The minimum Gasteiger partial charge on any atom is -0.338 e. The van der Waals surface area contributed by atoms with Gasteiger partial charge in [-0.15, -0.1) is 0 Å². The molecule has 2 rings (SSSR count). The van der Waals surface area contributed by atoms with E-state index in [0.717, 1.165) is 25.9 Å². The van der Waals surface area contributed by atoms with Crippen molar-refractivity contribution in [1.82, 2.24) is 4.90 Å². The summed E-state index contributed by atoms with van der Waals surface area (Å²) in [6.07, 6.45) is 2.69. The van der Waals surface area contributed by atoms with Crippen molar-refractivity contribution >= 4 is 5.91 Å². The molecule has 2 nitrogen and oxygen atoms in total. The fourth-order valence-electron chi connectivity index (χ4n) is 2.61. The molecule has 1 aromatic carbocycles. The van der Waals surface area contributed by atoms with Crippen molar-refractivity contribution in [2.24, 2.45) is 5.41 Å². The Morgan fingerprint density at radius 3 is 2.63 bits per heavy atom. The molecule has 1 heterocycles. The lowest BCUT2D eigenvalue weighted by atomic mass is 9.90. The number of carbonyl (C=O) groups excluding carboxylic acids is 1. The second kappa shape index (κ2) is 5.36. The van der Waals surface area contributed by atoms with Gasteiger partial charge in [-0.3, -0.25) is 4.79 Å². The molecule has 0 saturated carbocycles. The molecule has 0 fully saturated rings. The Balaban J connectivity index is 2.10. The van der Waals surface area contributed by atoms with E-state index in [2.05, 4.69) is 45.9 Å². The lowest BCUT2D eigenvalue weighted by Gasteiger charge is -2.31. The molecule has 0 atom stereocenters. The van der Waals surface area contributed by atoms with Crippen molar-refractivity contribution in [2.75, 3.05) is 6.54 Å². The van der Waals surface area contributed by atoms with Crippen LogP contribution in [0.15, 0.2) is 18.2 Å². The largest absolute Gasteiger partial charge is 0.338 e. The highest BCUT2D eigenvalue weighted by molar-refractivity contribution is 5.77. The van der Waals surface area contributed by atoms with E-state index in [-0.39, 0.29) is 5.41 Å². The second-order valence-corrected chi connectivity index (χ2v) is 6.76. The number of aryl methyl sites for hydroxylation is 1. The van der Waals surface area contributed by atoms with Gasteiger partial charge in [0.1, 0.15) is 0 Å². The Kier molecular flexibility index (Phi) is 3.98. The molecule has 104 valence electrons. The van der Waals surface area contributed by atoms with E-state index < -0.39 is 0 Å². The fraction of sp³-hybridized carbons (Fsp3) is 0.588. The summed E-state index contributed by atoms with van der Waals surface area (Å²) < 4.78 is 0. The van der Waals surface area contributed by atoms with Gasteiger partial charge >= 0.3 is 0 Å². The number of fused-ring (bicyclic) bond motifs is 1. The molecule has 0 unspecified atom stereocenters. The van der Waals surface area contributed by atoms with Crippen LogP contribution in [0.4, 0.5) is 0 Å². The van der Waals surface area contributed by atoms with Crippen LogP contribution in [0.1, 0.15) is 50.8 Å². The minimum absolute atomic E-state index is 0.0721. The van der Waals surface area contributed by atoms with Crippen LogP contribution in [0.2, 0.25) is 0 Å². The van der Waals surface area contributed by atoms with Gasteiger partial charge in [0.2, 0.25) is 5.91 Å². The van der Waals surface area contributed by atoms with Gasteiger partial charge in [-0.1, -0.05) is 45.9 Å². The normalized spacial score (nSPS) is 15.3. The van der Waals surface area contributed by atoms with Gasteiger partial charge in [-0.2, -0.15) is 0 Å². The van der Waals surface area contributed by atoms with Crippen molar-refractivity contribution in [2.45, 2.75) is 53.5 Å². The Hall–Kier alpha value is -1.31. The molecule has 1 aromatic rings. The van der Waals surface area contributed by atoms with E-state index in [1.807, 2.05) is 4.90 Å². The molecular weight excluding hydrogens is 234 g/mol. The van der Waals surface area contributed by atoms with Crippen molar-refractivity contribution in [3.63, 3.8) is 0 Å². The number of nitrogens with zero attached hydrogens (tertiary/aromatic N) is 1. The van der Waals surface area contributed by atoms with Crippen LogP contribution >= 0.6 is 0 Å². The maximum absolute atomic E-state index is 12.3. The second-order valence-electron chi connectivity index (χ2n) is 6.76. The van der Waals surface area contributed by atoms with Gasteiger partial charge in [-0.05, 0) is 34.9 Å². The number of rotatable bonds is 2. The lowest BCUT2D eigenvalue weighted by molar-refractivity contribution is -0.134. The summed E-state index contributed by atoms with van der Waals surface area (Å²) in [6.45, 7) is 10.2. The third-order valence-corrected chi connectivity index (χ3v) is 3.73. The van der Waals surface area contributed by atoms with Crippen molar-refractivity contribution in [1.29, 1.82) is 0 Å². The molecule has 1 aliphatic heterocycles. The summed E-state index contributed by atoms with van der Waals surface area (Å²) in [6, 6.07) is 6.72. The van der Waals surface area contributed by atoms with E-state index in [9.17, 15) is 4.79 Å². The van der Waals surface area contributed by atoms with Crippen LogP contribution in [-0.2, 0) is 24.2 Å². The summed E-state index contributed by atoms with van der Waals surface area (Å²) in [5.41, 5.74) is 4.19. The average molecular weight is 259 g/mol. The SMILES string of the molecule is CCc1ccc2c(c1)CN(C(=O)CC(C)(C)C)CC2. The van der Waals surface area contributed by atoms with Gasteiger partial charge in [0.15, 0.2) is 0 Å². The van der Waals surface area contributed by atoms with Crippen molar-refractivity contribution in [3.8, 4) is 0 Å². The highest BCUT2D eigenvalue weighted by Gasteiger charge is 2.24. The molecule has 0 N–H and O–H groups in total. The standard InChI is InChI=1S/C17H25NO/c1-5-13-6-7-14-8-9-18(12-15(14)10-13)16(19)11-17(2,3)4/h6-7,10H,5,8-9,11-12H2,1-4H3. The summed E-state index contributed by atoms with van der Waals surface area (Å²) in [4.78, 5) is 14.3. The van der Waals surface area contributed by atoms with Crippen molar-refractivity contribution < 1.29 is 4.79 Å². The molecule has 1 amide bonds. The highest BCUT2D eigenvalue weighted by atomic mass is 16.2. The van der Waals surface area contributed by atoms with Gasteiger partial charge in [0.25, 0.3) is 0 Å². The zero-order chi connectivity index (χ0) is 14.0. The summed E-state index contributed by atoms with van der Waals surface area (Å²) in [5, 5.41) is 0. The molecule has 0 radical (unpaired) electrons. The predicted molar refractivity (Wildman–Crippen MR) is 79.0 cm³/mol. The van der Waals surface area contributed by atoms with Crippen LogP contribution in [0, 0.1) is 5.41 Å². The van der Waals surface area contributed by atoms with Crippen LogP contribution in [0.5, 0.6) is 0 Å². The Labute approximate surface area is 116 Å². The van der Waals surface area contributed by atoms with E-state index in [0.29, 0.717) is 12.3 Å². The molecule has 0 aromatic heterocycles. The van der Waals surface area contributed by atoms with E-state index in [4.69, 9.17) is 0 Å². The number of benzene rings is 1. The maximum Gasteiger partial charge on any atom is 0.223 e. The quantitative estimate of drug-likeness (QED) is 0.795. The maximum atomic E-state index is 12.3.